The van der Waals surface area contributed by atoms with Crippen molar-refractivity contribution in [3.63, 3.8) is 0 Å². The van der Waals surface area contributed by atoms with Gasteiger partial charge in [-0.3, -0.25) is 0 Å². The SMILES string of the molecule is CCCCc1nc(Cl)c(CN=[N+]=[N-])n1Cc1ccc(-c2ccccc2/C(=N/N)NN)cc1. The highest BCUT2D eigenvalue weighted by molar-refractivity contribution is 6.30. The van der Waals surface area contributed by atoms with Crippen LogP contribution in [0.4, 0.5) is 0 Å². The number of rotatable bonds is 9. The van der Waals surface area contributed by atoms with Crippen molar-refractivity contribution in [3.8, 4) is 11.1 Å². The van der Waals surface area contributed by atoms with Gasteiger partial charge in [0.2, 0.25) is 0 Å². The fourth-order valence-electron chi connectivity index (χ4n) is 3.57. The van der Waals surface area contributed by atoms with Crippen molar-refractivity contribution in [1.82, 2.24) is 15.0 Å². The number of nitrogens with two attached hydrogens (primary N) is 2. The minimum atomic E-state index is 0.160. The first-order valence-electron chi connectivity index (χ1n) is 10.3. The summed E-state index contributed by atoms with van der Waals surface area (Å²) < 4.78 is 2.05. The zero-order valence-electron chi connectivity index (χ0n) is 17.9. The number of benzene rings is 2. The molecule has 0 saturated carbocycles. The van der Waals surface area contributed by atoms with Crippen LogP contribution < -0.4 is 17.1 Å². The monoisotopic (exact) mass is 451 g/mol. The van der Waals surface area contributed by atoms with Crippen LogP contribution in [0.1, 0.15) is 42.4 Å². The molecule has 9 nitrogen and oxygen atoms in total. The second-order valence-electron chi connectivity index (χ2n) is 7.21. The average molecular weight is 452 g/mol. The lowest BCUT2D eigenvalue weighted by molar-refractivity contribution is 0.655. The minimum absolute atomic E-state index is 0.160. The largest absolute Gasteiger partial charge is 0.326 e. The molecule has 5 N–H and O–H groups in total. The maximum Gasteiger partial charge on any atom is 0.167 e. The summed E-state index contributed by atoms with van der Waals surface area (Å²) in [4.78, 5) is 7.38. The van der Waals surface area contributed by atoms with Crippen LogP contribution in [0.5, 0.6) is 0 Å². The third-order valence-electron chi connectivity index (χ3n) is 5.19. The number of hydrazine groups is 1. The van der Waals surface area contributed by atoms with Gasteiger partial charge < -0.3 is 15.8 Å². The Bertz CT molecular complexity index is 1130. The van der Waals surface area contributed by atoms with Crippen LogP contribution in [0.15, 0.2) is 58.7 Å². The lowest BCUT2D eigenvalue weighted by Crippen LogP contribution is -2.32. The van der Waals surface area contributed by atoms with Crippen LogP contribution in [0.25, 0.3) is 21.6 Å². The fraction of sp³-hybridized carbons (Fsp3) is 0.273. The summed E-state index contributed by atoms with van der Waals surface area (Å²) in [5.41, 5.74) is 15.9. The number of imidazole rings is 1. The third-order valence-corrected chi connectivity index (χ3v) is 5.50. The predicted octanol–water partition coefficient (Wildman–Crippen LogP) is 4.49. The summed E-state index contributed by atoms with van der Waals surface area (Å²) in [5.74, 6) is 12.3. The van der Waals surface area contributed by atoms with Gasteiger partial charge in [-0.25, -0.2) is 10.8 Å². The molecule has 10 heteroatoms. The lowest BCUT2D eigenvalue weighted by atomic mass is 9.98. The van der Waals surface area contributed by atoms with E-state index in [9.17, 15) is 0 Å². The molecule has 0 aliphatic carbocycles. The van der Waals surface area contributed by atoms with E-state index < -0.39 is 0 Å². The number of aryl methyl sites for hydroxylation is 1. The van der Waals surface area contributed by atoms with E-state index in [1.807, 2.05) is 41.0 Å². The highest BCUT2D eigenvalue weighted by atomic mass is 35.5. The Morgan fingerprint density at radius 3 is 2.62 bits per heavy atom. The Morgan fingerprint density at radius 2 is 1.97 bits per heavy atom. The first-order chi connectivity index (χ1) is 15.6. The Morgan fingerprint density at radius 1 is 1.22 bits per heavy atom. The molecule has 1 aromatic heterocycles. The van der Waals surface area contributed by atoms with Crippen LogP contribution in [0.3, 0.4) is 0 Å². The maximum atomic E-state index is 8.74. The van der Waals surface area contributed by atoms with Crippen molar-refractivity contribution in [3.05, 3.63) is 86.8 Å². The van der Waals surface area contributed by atoms with E-state index in [-0.39, 0.29) is 6.54 Å². The van der Waals surface area contributed by atoms with Gasteiger partial charge in [-0.2, -0.15) is 5.10 Å². The zero-order chi connectivity index (χ0) is 22.9. The molecule has 2 aromatic carbocycles. The molecule has 0 saturated heterocycles. The van der Waals surface area contributed by atoms with Crippen molar-refractivity contribution in [2.45, 2.75) is 39.3 Å². The summed E-state index contributed by atoms with van der Waals surface area (Å²) >= 11 is 6.36. The fourth-order valence-corrected chi connectivity index (χ4v) is 3.82. The number of azide groups is 1. The van der Waals surface area contributed by atoms with E-state index in [2.05, 4.69) is 44.6 Å². The summed E-state index contributed by atoms with van der Waals surface area (Å²) in [6, 6.07) is 15.9. The topological polar surface area (TPSA) is 143 Å². The van der Waals surface area contributed by atoms with Gasteiger partial charge in [-0.1, -0.05) is 78.6 Å². The van der Waals surface area contributed by atoms with E-state index in [0.29, 0.717) is 17.5 Å². The molecule has 1 heterocycles. The van der Waals surface area contributed by atoms with Gasteiger partial charge in [0.15, 0.2) is 11.0 Å². The zero-order valence-corrected chi connectivity index (χ0v) is 18.6. The van der Waals surface area contributed by atoms with Gasteiger partial charge in [-0.15, -0.1) is 0 Å². The quantitative estimate of drug-likeness (QED) is 0.0837. The number of unbranched alkanes of at least 4 members (excludes halogenated alkanes) is 1. The highest BCUT2D eigenvalue weighted by Gasteiger charge is 2.16. The van der Waals surface area contributed by atoms with Crippen molar-refractivity contribution < 1.29 is 0 Å². The normalized spacial score (nSPS) is 11.3. The summed E-state index contributed by atoms with van der Waals surface area (Å²) in [6.45, 7) is 2.87. The standard InChI is InChI=1S/C22H26ClN9/c1-2-3-8-20-28-21(23)19(13-27-31-26)32(20)14-15-9-11-16(12-10-15)17-6-4-5-7-18(17)22(29-24)30-25/h4-7,9-12H,2-3,8,13-14,24-25H2,1H3,(H,29,30). The number of hydrazone groups is 1. The van der Waals surface area contributed by atoms with Crippen LogP contribution in [-0.4, -0.2) is 15.4 Å². The molecule has 0 radical (unpaired) electrons. The van der Waals surface area contributed by atoms with E-state index in [0.717, 1.165) is 53.0 Å². The summed E-state index contributed by atoms with van der Waals surface area (Å²) in [5, 5.41) is 7.81. The van der Waals surface area contributed by atoms with Gasteiger partial charge in [0.05, 0.1) is 12.2 Å². The molecule has 3 aromatic rings. The van der Waals surface area contributed by atoms with Gasteiger partial charge >= 0.3 is 0 Å². The van der Waals surface area contributed by atoms with Crippen molar-refractivity contribution >= 4 is 17.4 Å². The first-order valence-corrected chi connectivity index (χ1v) is 10.7. The third kappa shape index (κ3) is 5.20. The number of nitrogens with zero attached hydrogens (tertiary/aromatic N) is 6. The molecule has 0 spiro atoms. The molecule has 0 atom stereocenters. The molecule has 0 aliphatic rings. The van der Waals surface area contributed by atoms with Gasteiger partial charge in [-0.05, 0) is 28.6 Å². The number of aromatic nitrogens is 2. The lowest BCUT2D eigenvalue weighted by Gasteiger charge is -2.13. The van der Waals surface area contributed by atoms with Gasteiger partial charge in [0, 0.05) is 23.4 Å². The average Bonchev–Trinajstić information content (AvgIpc) is 3.11. The minimum Gasteiger partial charge on any atom is -0.326 e. The van der Waals surface area contributed by atoms with E-state index in [4.69, 9.17) is 28.8 Å². The summed E-state index contributed by atoms with van der Waals surface area (Å²) in [7, 11) is 0. The maximum absolute atomic E-state index is 8.74. The Kier molecular flexibility index (Phi) is 8.10. The number of hydrogen-bond acceptors (Lipinski definition) is 5. The highest BCUT2D eigenvalue weighted by Crippen LogP contribution is 2.26. The van der Waals surface area contributed by atoms with Crippen molar-refractivity contribution in [1.29, 1.82) is 0 Å². The molecule has 0 amide bonds. The smallest absolute Gasteiger partial charge is 0.167 e. The van der Waals surface area contributed by atoms with Crippen LogP contribution >= 0.6 is 11.6 Å². The van der Waals surface area contributed by atoms with E-state index in [1.54, 1.807) is 0 Å². The number of amidine groups is 1. The number of hydrogen-bond donors (Lipinski definition) is 3. The second kappa shape index (κ2) is 11.2. The van der Waals surface area contributed by atoms with Crippen LogP contribution in [0, 0.1) is 0 Å². The molecule has 0 fully saturated rings. The van der Waals surface area contributed by atoms with Crippen LogP contribution in [0.2, 0.25) is 5.15 Å². The predicted molar refractivity (Wildman–Crippen MR) is 128 cm³/mol. The van der Waals surface area contributed by atoms with Gasteiger partial charge in [0.25, 0.3) is 0 Å². The number of halogens is 1. The molecule has 0 unspecified atom stereocenters. The molecule has 0 bridgehead atoms. The first kappa shape index (κ1) is 23.1. The molecule has 32 heavy (non-hydrogen) atoms. The van der Waals surface area contributed by atoms with Crippen LogP contribution in [-0.2, 0) is 19.5 Å². The number of nitrogens with one attached hydrogen (secondary N) is 1. The van der Waals surface area contributed by atoms with E-state index in [1.165, 1.54) is 0 Å². The Labute approximate surface area is 191 Å². The Balaban J connectivity index is 1.93. The molecule has 3 rings (SSSR count). The Hall–Kier alpha value is -3.52. The molecular weight excluding hydrogens is 426 g/mol. The molecule has 0 aliphatic heterocycles. The second-order valence-corrected chi connectivity index (χ2v) is 7.57. The van der Waals surface area contributed by atoms with Crippen molar-refractivity contribution in [2.24, 2.45) is 21.9 Å². The van der Waals surface area contributed by atoms with E-state index >= 15 is 0 Å². The van der Waals surface area contributed by atoms with Crippen molar-refractivity contribution in [2.75, 3.05) is 0 Å². The summed E-state index contributed by atoms with van der Waals surface area (Å²) in [6.07, 6.45) is 2.87. The molecule has 166 valence electrons. The molecular formula is C22H26ClN9. The van der Waals surface area contributed by atoms with Gasteiger partial charge in [0.1, 0.15) is 5.82 Å².